The lowest BCUT2D eigenvalue weighted by molar-refractivity contribution is -0.139. The zero-order valence-corrected chi connectivity index (χ0v) is 19.5. The Morgan fingerprint density at radius 1 is 1.22 bits per heavy atom. The third-order valence-electron chi connectivity index (χ3n) is 5.97. The third-order valence-corrected chi connectivity index (χ3v) is 5.97. The summed E-state index contributed by atoms with van der Waals surface area (Å²) in [6.07, 6.45) is 3.00. The van der Waals surface area contributed by atoms with Crippen molar-refractivity contribution in [2.75, 3.05) is 44.2 Å². The van der Waals surface area contributed by atoms with Crippen LogP contribution in [0, 0.1) is 11.3 Å². The minimum Gasteiger partial charge on any atom is -0.467 e. The molecule has 186 valence electrons. The van der Waals surface area contributed by atoms with Crippen molar-refractivity contribution < 1.29 is 27.6 Å². The maximum absolute atomic E-state index is 12.9. The molecule has 0 radical (unpaired) electrons. The third kappa shape index (κ3) is 4.56. The van der Waals surface area contributed by atoms with Gasteiger partial charge in [0, 0.05) is 38.4 Å². The highest BCUT2D eigenvalue weighted by Crippen LogP contribution is 2.31. The van der Waals surface area contributed by atoms with Gasteiger partial charge in [-0.25, -0.2) is 9.59 Å². The van der Waals surface area contributed by atoms with Gasteiger partial charge in [0.1, 0.15) is 17.9 Å². The molecule has 0 saturated carbocycles. The summed E-state index contributed by atoms with van der Waals surface area (Å²) in [5, 5.41) is 15.1. The topological polar surface area (TPSA) is 150 Å². The summed E-state index contributed by atoms with van der Waals surface area (Å²) in [5.74, 6) is 1.01. The first-order valence-electron chi connectivity index (χ1n) is 11.5. The second-order valence-electron chi connectivity index (χ2n) is 8.18. The van der Waals surface area contributed by atoms with E-state index in [-0.39, 0.29) is 18.2 Å². The fourth-order valence-electron chi connectivity index (χ4n) is 4.30. The van der Waals surface area contributed by atoms with Gasteiger partial charge >= 0.3 is 12.0 Å². The molecule has 5 heterocycles. The van der Waals surface area contributed by atoms with E-state index in [0.717, 1.165) is 0 Å². The molecule has 12 nitrogen and oxygen atoms in total. The number of urea groups is 1. The number of aromatic nitrogens is 1. The van der Waals surface area contributed by atoms with Gasteiger partial charge in [-0.15, -0.1) is 0 Å². The summed E-state index contributed by atoms with van der Waals surface area (Å²) in [4.78, 5) is 33.6. The maximum Gasteiger partial charge on any atom is 0.338 e. The predicted octanol–water partition coefficient (Wildman–Crippen LogP) is 2.39. The Hall–Kier alpha value is -4.50. The molecule has 3 aromatic heterocycles. The number of carbonyl (C=O) groups is 2. The first-order valence-corrected chi connectivity index (χ1v) is 11.5. The average molecular weight is 492 g/mol. The minimum absolute atomic E-state index is 0.189. The molecule has 2 amide bonds. The van der Waals surface area contributed by atoms with Crippen LogP contribution < -0.4 is 15.5 Å². The van der Waals surface area contributed by atoms with E-state index in [1.54, 1.807) is 31.2 Å². The molecule has 1 fully saturated rings. The molecule has 0 aliphatic carbocycles. The van der Waals surface area contributed by atoms with Crippen molar-refractivity contribution in [1.29, 1.82) is 5.26 Å². The summed E-state index contributed by atoms with van der Waals surface area (Å²) in [6, 6.07) is 7.74. The first-order chi connectivity index (χ1) is 17.6. The smallest absolute Gasteiger partial charge is 0.338 e. The highest BCUT2D eigenvalue weighted by atomic mass is 16.5. The number of nitrogens with zero attached hydrogens (tertiary/aromatic N) is 4. The number of anilines is 1. The lowest BCUT2D eigenvalue weighted by atomic mass is 9.99. The van der Waals surface area contributed by atoms with E-state index in [4.69, 9.17) is 18.0 Å². The average Bonchev–Trinajstić information content (AvgIpc) is 3.66. The molecule has 5 rings (SSSR count). The highest BCUT2D eigenvalue weighted by Gasteiger charge is 2.36. The molecule has 2 aliphatic heterocycles. The van der Waals surface area contributed by atoms with Crippen molar-refractivity contribution >= 4 is 17.9 Å². The van der Waals surface area contributed by atoms with Gasteiger partial charge in [0.25, 0.3) is 5.89 Å². The Labute approximate surface area is 206 Å². The lowest BCUT2D eigenvalue weighted by Gasteiger charge is -2.36. The molecular formula is C24H24N6O6. The quantitative estimate of drug-likeness (QED) is 0.471. The van der Waals surface area contributed by atoms with Crippen LogP contribution in [0.3, 0.4) is 0 Å². The molecule has 1 saturated heterocycles. The van der Waals surface area contributed by atoms with E-state index in [9.17, 15) is 14.9 Å². The van der Waals surface area contributed by atoms with Crippen molar-refractivity contribution in [3.05, 3.63) is 59.5 Å². The zero-order valence-electron chi connectivity index (χ0n) is 19.5. The standard InChI is InChI=1S/C24H24N6O6/c1-2-33-23(31)19-16(27-24(32)28-20(19)17-5-3-11-34-17)14-29-7-9-30(10-8-29)22-15(13-25)26-21(36-22)18-6-4-12-35-18/h3-6,11-12,20H,2,7-10,14H2,1H3,(H2,27,28,32). The molecule has 36 heavy (non-hydrogen) atoms. The Kier molecular flexibility index (Phi) is 6.46. The van der Waals surface area contributed by atoms with Gasteiger partial charge in [-0.1, -0.05) is 0 Å². The number of carbonyl (C=O) groups excluding carboxylic acids is 2. The lowest BCUT2D eigenvalue weighted by Crippen LogP contribution is -2.51. The van der Waals surface area contributed by atoms with Crippen molar-refractivity contribution in [1.82, 2.24) is 20.5 Å². The number of hydrogen-bond acceptors (Lipinski definition) is 10. The number of rotatable bonds is 7. The van der Waals surface area contributed by atoms with Gasteiger partial charge in [0.15, 0.2) is 5.76 Å². The summed E-state index contributed by atoms with van der Waals surface area (Å²) in [5.41, 5.74) is 0.956. The van der Waals surface area contributed by atoms with Crippen LogP contribution in [0.1, 0.15) is 24.4 Å². The molecule has 0 bridgehead atoms. The number of oxazole rings is 1. The van der Waals surface area contributed by atoms with Gasteiger partial charge in [0.05, 0.1) is 24.7 Å². The maximum atomic E-state index is 12.9. The zero-order chi connectivity index (χ0) is 25.1. The van der Waals surface area contributed by atoms with Crippen molar-refractivity contribution in [3.63, 3.8) is 0 Å². The SMILES string of the molecule is CCOC(=O)C1=C(CN2CCN(c3oc(-c4ccco4)nc3C#N)CC2)NC(=O)NC1c1ccco1. The van der Waals surface area contributed by atoms with Crippen LogP contribution in [0.5, 0.6) is 0 Å². The van der Waals surface area contributed by atoms with E-state index < -0.39 is 18.0 Å². The van der Waals surface area contributed by atoms with Crippen molar-refractivity contribution in [3.8, 4) is 17.7 Å². The number of nitriles is 1. The fraction of sp³-hybridized carbons (Fsp3) is 0.333. The van der Waals surface area contributed by atoms with Crippen molar-refractivity contribution in [2.24, 2.45) is 0 Å². The number of amides is 2. The number of furan rings is 2. The van der Waals surface area contributed by atoms with Crippen LogP contribution in [-0.4, -0.2) is 61.2 Å². The molecule has 0 aromatic carbocycles. The van der Waals surface area contributed by atoms with E-state index >= 15 is 0 Å². The van der Waals surface area contributed by atoms with Crippen LogP contribution in [0.25, 0.3) is 11.7 Å². The monoisotopic (exact) mass is 492 g/mol. The number of esters is 1. The largest absolute Gasteiger partial charge is 0.467 e. The van der Waals surface area contributed by atoms with E-state index in [0.29, 0.717) is 61.4 Å². The molecule has 3 aromatic rings. The molecule has 1 unspecified atom stereocenters. The molecule has 1 atom stereocenters. The first kappa shape index (κ1) is 23.3. The fourth-order valence-corrected chi connectivity index (χ4v) is 4.30. The van der Waals surface area contributed by atoms with Crippen LogP contribution in [0.4, 0.5) is 10.7 Å². The molecule has 2 aliphatic rings. The number of ether oxygens (including phenoxy) is 1. The van der Waals surface area contributed by atoms with Crippen LogP contribution in [0.15, 0.2) is 61.3 Å². The van der Waals surface area contributed by atoms with Gasteiger partial charge in [0.2, 0.25) is 11.6 Å². The summed E-state index contributed by atoms with van der Waals surface area (Å²) >= 11 is 0. The van der Waals surface area contributed by atoms with Crippen LogP contribution in [0.2, 0.25) is 0 Å². The van der Waals surface area contributed by atoms with Gasteiger partial charge in [-0.2, -0.15) is 10.2 Å². The Bertz CT molecular complexity index is 1300. The van der Waals surface area contributed by atoms with Crippen LogP contribution in [-0.2, 0) is 9.53 Å². The second-order valence-corrected chi connectivity index (χ2v) is 8.18. The second kappa shape index (κ2) is 10.0. The summed E-state index contributed by atoms with van der Waals surface area (Å²) in [7, 11) is 0. The van der Waals surface area contributed by atoms with Gasteiger partial charge in [-0.05, 0) is 31.2 Å². The molecule has 12 heteroatoms. The highest BCUT2D eigenvalue weighted by molar-refractivity contribution is 5.95. The van der Waals surface area contributed by atoms with E-state index in [1.165, 1.54) is 12.5 Å². The minimum atomic E-state index is -0.753. The Morgan fingerprint density at radius 3 is 2.67 bits per heavy atom. The summed E-state index contributed by atoms with van der Waals surface area (Å²) < 4.78 is 21.9. The normalized spacial score (nSPS) is 18.5. The molecule has 0 spiro atoms. The number of nitrogens with one attached hydrogen (secondary N) is 2. The van der Waals surface area contributed by atoms with Crippen molar-refractivity contribution in [2.45, 2.75) is 13.0 Å². The summed E-state index contributed by atoms with van der Waals surface area (Å²) in [6.45, 7) is 4.54. The molecular weight excluding hydrogens is 468 g/mol. The molecule has 2 N–H and O–H groups in total. The van der Waals surface area contributed by atoms with Crippen LogP contribution >= 0.6 is 0 Å². The van der Waals surface area contributed by atoms with Gasteiger partial charge in [-0.3, -0.25) is 4.90 Å². The Morgan fingerprint density at radius 2 is 2.00 bits per heavy atom. The van der Waals surface area contributed by atoms with Gasteiger partial charge < -0.3 is 33.5 Å². The number of hydrogen-bond donors (Lipinski definition) is 2. The number of piperazine rings is 1. The predicted molar refractivity (Wildman–Crippen MR) is 124 cm³/mol. The van der Waals surface area contributed by atoms with E-state index in [1.807, 2.05) is 4.90 Å². The van der Waals surface area contributed by atoms with E-state index in [2.05, 4.69) is 26.6 Å². The Balaban J connectivity index is 1.33.